The number of allylic oxidation sites excluding steroid dienone is 1. The predicted octanol–water partition coefficient (Wildman–Crippen LogP) is 2.05. The van der Waals surface area contributed by atoms with Crippen LogP contribution in [0.15, 0.2) is 12.2 Å². The van der Waals surface area contributed by atoms with E-state index in [-0.39, 0.29) is 12.1 Å². The maximum atomic E-state index is 10.6. The van der Waals surface area contributed by atoms with Crippen LogP contribution in [0.4, 0.5) is 0 Å². The largest absolute Gasteiger partial charge is 0.462 e. The summed E-state index contributed by atoms with van der Waals surface area (Å²) in [5.41, 5.74) is 0. The normalized spacial score (nSPS) is 24.5. The number of esters is 1. The molecule has 0 amide bonds. The molecule has 0 N–H and O–H groups in total. The molecule has 1 saturated heterocycles. The van der Waals surface area contributed by atoms with Crippen molar-refractivity contribution in [3.63, 3.8) is 0 Å². The molecule has 0 bridgehead atoms. The fourth-order valence-electron chi connectivity index (χ4n) is 1.16. The highest BCUT2D eigenvalue weighted by atomic mass is 16.5. The molecule has 0 aromatic heterocycles. The lowest BCUT2D eigenvalue weighted by Crippen LogP contribution is -2.04. The van der Waals surface area contributed by atoms with Gasteiger partial charge in [-0.1, -0.05) is 19.1 Å². The molecule has 11 heavy (non-hydrogen) atoms. The van der Waals surface area contributed by atoms with E-state index in [9.17, 15) is 4.79 Å². The third-order valence-corrected chi connectivity index (χ3v) is 1.77. The number of cyclic esters (lactones) is 1. The van der Waals surface area contributed by atoms with Crippen molar-refractivity contribution in [2.45, 2.75) is 38.7 Å². The molecule has 2 nitrogen and oxygen atoms in total. The standard InChI is InChI=1S/C9H14O2/c1-2-3-4-5-8-6-7-9(10)11-8/h3-4,8H,2,5-7H2,1H3/b4-3+. The lowest BCUT2D eigenvalue weighted by atomic mass is 10.2. The molecule has 1 fully saturated rings. The van der Waals surface area contributed by atoms with Crippen molar-refractivity contribution in [3.8, 4) is 0 Å². The van der Waals surface area contributed by atoms with Crippen LogP contribution in [-0.4, -0.2) is 12.1 Å². The maximum absolute atomic E-state index is 10.6. The van der Waals surface area contributed by atoms with Crippen LogP contribution in [-0.2, 0) is 9.53 Å². The zero-order valence-corrected chi connectivity index (χ0v) is 6.88. The Bertz CT molecular complexity index is 161. The molecule has 1 atom stereocenters. The van der Waals surface area contributed by atoms with Gasteiger partial charge in [-0.15, -0.1) is 0 Å². The summed E-state index contributed by atoms with van der Waals surface area (Å²) in [6, 6.07) is 0. The van der Waals surface area contributed by atoms with Crippen LogP contribution in [0.25, 0.3) is 0 Å². The Morgan fingerprint density at radius 1 is 1.64 bits per heavy atom. The Labute approximate surface area is 67.2 Å². The lowest BCUT2D eigenvalue weighted by molar-refractivity contribution is -0.141. The quantitative estimate of drug-likeness (QED) is 0.459. The second-order valence-electron chi connectivity index (χ2n) is 2.77. The number of carbonyl (C=O) groups excluding carboxylic acids is 1. The third kappa shape index (κ3) is 2.74. The van der Waals surface area contributed by atoms with Crippen LogP contribution in [0.3, 0.4) is 0 Å². The summed E-state index contributed by atoms with van der Waals surface area (Å²) < 4.78 is 5.02. The summed E-state index contributed by atoms with van der Waals surface area (Å²) in [6.45, 7) is 2.09. The first kappa shape index (κ1) is 8.31. The van der Waals surface area contributed by atoms with Crippen LogP contribution in [0, 0.1) is 0 Å². The highest BCUT2D eigenvalue weighted by molar-refractivity contribution is 5.71. The Kier molecular flexibility index (Phi) is 3.14. The maximum Gasteiger partial charge on any atom is 0.306 e. The first-order valence-electron chi connectivity index (χ1n) is 4.17. The van der Waals surface area contributed by atoms with E-state index in [1.807, 2.05) is 0 Å². The summed E-state index contributed by atoms with van der Waals surface area (Å²) in [5, 5.41) is 0. The smallest absolute Gasteiger partial charge is 0.306 e. The van der Waals surface area contributed by atoms with Crippen LogP contribution in [0.2, 0.25) is 0 Å². The minimum Gasteiger partial charge on any atom is -0.462 e. The SMILES string of the molecule is CC/C=C/CC1CCC(=O)O1. The minimum atomic E-state index is -0.0418. The Hall–Kier alpha value is -0.790. The summed E-state index contributed by atoms with van der Waals surface area (Å²) in [7, 11) is 0. The van der Waals surface area contributed by atoms with Crippen LogP contribution < -0.4 is 0 Å². The number of hydrogen-bond donors (Lipinski definition) is 0. The molecule has 1 heterocycles. The molecule has 0 radical (unpaired) electrons. The molecule has 0 spiro atoms. The number of rotatable bonds is 3. The van der Waals surface area contributed by atoms with E-state index in [0.717, 1.165) is 19.3 Å². The Morgan fingerprint density at radius 2 is 2.45 bits per heavy atom. The van der Waals surface area contributed by atoms with Gasteiger partial charge in [-0.25, -0.2) is 0 Å². The highest BCUT2D eigenvalue weighted by Gasteiger charge is 2.21. The number of hydrogen-bond acceptors (Lipinski definition) is 2. The second kappa shape index (κ2) is 4.16. The highest BCUT2D eigenvalue weighted by Crippen LogP contribution is 2.16. The summed E-state index contributed by atoms with van der Waals surface area (Å²) >= 11 is 0. The molecule has 0 aromatic rings. The lowest BCUT2D eigenvalue weighted by Gasteiger charge is -2.03. The van der Waals surface area contributed by atoms with E-state index < -0.39 is 0 Å². The van der Waals surface area contributed by atoms with Gasteiger partial charge in [0.25, 0.3) is 0 Å². The molecule has 62 valence electrons. The van der Waals surface area contributed by atoms with Gasteiger partial charge in [0.1, 0.15) is 6.10 Å². The molecule has 2 heteroatoms. The molecule has 0 aromatic carbocycles. The molecule has 1 rings (SSSR count). The topological polar surface area (TPSA) is 26.3 Å². The van der Waals surface area contributed by atoms with E-state index in [0.29, 0.717) is 6.42 Å². The molecule has 0 aliphatic carbocycles. The molecule has 1 aliphatic heterocycles. The Morgan fingerprint density at radius 3 is 3.00 bits per heavy atom. The fourth-order valence-corrected chi connectivity index (χ4v) is 1.16. The van der Waals surface area contributed by atoms with E-state index in [4.69, 9.17) is 4.74 Å². The van der Waals surface area contributed by atoms with Gasteiger partial charge >= 0.3 is 5.97 Å². The third-order valence-electron chi connectivity index (χ3n) is 1.77. The van der Waals surface area contributed by atoms with Gasteiger partial charge in [-0.3, -0.25) is 4.79 Å². The van der Waals surface area contributed by atoms with E-state index in [2.05, 4.69) is 19.1 Å². The first-order chi connectivity index (χ1) is 5.33. The van der Waals surface area contributed by atoms with Crippen molar-refractivity contribution in [3.05, 3.63) is 12.2 Å². The molecular weight excluding hydrogens is 140 g/mol. The van der Waals surface area contributed by atoms with Gasteiger partial charge < -0.3 is 4.74 Å². The van der Waals surface area contributed by atoms with Crippen molar-refractivity contribution >= 4 is 5.97 Å². The second-order valence-corrected chi connectivity index (χ2v) is 2.77. The van der Waals surface area contributed by atoms with Gasteiger partial charge in [0.15, 0.2) is 0 Å². The van der Waals surface area contributed by atoms with Crippen LogP contribution in [0.1, 0.15) is 32.6 Å². The number of ether oxygens (including phenoxy) is 1. The minimum absolute atomic E-state index is 0.0418. The molecule has 1 unspecified atom stereocenters. The van der Waals surface area contributed by atoms with E-state index in [1.54, 1.807) is 0 Å². The van der Waals surface area contributed by atoms with E-state index in [1.165, 1.54) is 0 Å². The average molecular weight is 154 g/mol. The van der Waals surface area contributed by atoms with E-state index >= 15 is 0 Å². The van der Waals surface area contributed by atoms with Crippen LogP contribution in [0.5, 0.6) is 0 Å². The predicted molar refractivity (Wildman–Crippen MR) is 43.2 cm³/mol. The van der Waals surface area contributed by atoms with Gasteiger partial charge in [0.2, 0.25) is 0 Å². The van der Waals surface area contributed by atoms with Crippen molar-refractivity contribution in [1.82, 2.24) is 0 Å². The van der Waals surface area contributed by atoms with Crippen LogP contribution >= 0.6 is 0 Å². The van der Waals surface area contributed by atoms with Crippen molar-refractivity contribution in [2.75, 3.05) is 0 Å². The summed E-state index contributed by atoms with van der Waals surface area (Å²) in [4.78, 5) is 10.6. The van der Waals surface area contributed by atoms with Crippen molar-refractivity contribution in [2.24, 2.45) is 0 Å². The van der Waals surface area contributed by atoms with Crippen molar-refractivity contribution < 1.29 is 9.53 Å². The average Bonchev–Trinajstić information content (AvgIpc) is 2.37. The van der Waals surface area contributed by atoms with Crippen molar-refractivity contribution in [1.29, 1.82) is 0 Å². The zero-order valence-electron chi connectivity index (χ0n) is 6.88. The zero-order chi connectivity index (χ0) is 8.10. The summed E-state index contributed by atoms with van der Waals surface area (Å²) in [5.74, 6) is -0.0418. The molecular formula is C9H14O2. The molecule has 0 saturated carbocycles. The molecule has 1 aliphatic rings. The Balaban J connectivity index is 2.18. The van der Waals surface area contributed by atoms with Gasteiger partial charge in [0.05, 0.1) is 0 Å². The first-order valence-corrected chi connectivity index (χ1v) is 4.17. The summed E-state index contributed by atoms with van der Waals surface area (Å²) in [6.07, 6.45) is 7.79. The van der Waals surface area contributed by atoms with Gasteiger partial charge in [0, 0.05) is 12.8 Å². The monoisotopic (exact) mass is 154 g/mol. The van der Waals surface area contributed by atoms with Gasteiger partial charge in [-0.05, 0) is 12.8 Å². The fraction of sp³-hybridized carbons (Fsp3) is 0.667. The number of carbonyl (C=O) groups is 1. The van der Waals surface area contributed by atoms with Gasteiger partial charge in [-0.2, -0.15) is 0 Å².